The Balaban J connectivity index is 1.79. The number of benzene rings is 1. The molecule has 1 heterocycles. The first-order chi connectivity index (χ1) is 9.54. The molecular formula is C15H22N2O2S. The molecule has 2 aliphatic rings. The largest absolute Gasteiger partial charge is 0.382 e. The third-order valence-corrected chi connectivity index (χ3v) is 5.76. The highest BCUT2D eigenvalue weighted by molar-refractivity contribution is 7.89. The van der Waals surface area contributed by atoms with Gasteiger partial charge in [-0.3, -0.25) is 0 Å². The van der Waals surface area contributed by atoms with Crippen LogP contribution in [0.4, 0.5) is 5.69 Å². The fourth-order valence-electron chi connectivity index (χ4n) is 3.20. The molecule has 3 rings (SSSR count). The Hall–Kier alpha value is -1.07. The van der Waals surface area contributed by atoms with Crippen LogP contribution in [0.25, 0.3) is 0 Å². The van der Waals surface area contributed by atoms with Crippen LogP contribution in [0.15, 0.2) is 23.1 Å². The molecule has 0 spiro atoms. The highest BCUT2D eigenvalue weighted by Gasteiger charge is 2.24. The number of sulfonamides is 1. The summed E-state index contributed by atoms with van der Waals surface area (Å²) in [6.07, 6.45) is 6.28. The maximum absolute atomic E-state index is 12.5. The van der Waals surface area contributed by atoms with Gasteiger partial charge in [-0.05, 0) is 49.9 Å². The number of nitrogens with one attached hydrogen (secondary N) is 2. The molecule has 5 heteroatoms. The van der Waals surface area contributed by atoms with Crippen molar-refractivity contribution in [1.29, 1.82) is 0 Å². The summed E-state index contributed by atoms with van der Waals surface area (Å²) in [5.74, 6) is 0. The number of fused-ring (bicyclic) bond motifs is 1. The summed E-state index contributed by atoms with van der Waals surface area (Å²) in [5, 5.41) is 3.34. The van der Waals surface area contributed by atoms with Crippen molar-refractivity contribution in [2.24, 2.45) is 0 Å². The molecule has 0 radical (unpaired) electrons. The van der Waals surface area contributed by atoms with Crippen LogP contribution >= 0.6 is 0 Å². The third-order valence-electron chi connectivity index (χ3n) is 4.24. The van der Waals surface area contributed by atoms with Crippen molar-refractivity contribution in [1.82, 2.24) is 4.72 Å². The molecule has 1 saturated carbocycles. The number of anilines is 1. The van der Waals surface area contributed by atoms with Gasteiger partial charge < -0.3 is 5.32 Å². The SMILES string of the molecule is C[C@@H]1Cc2cc(S(=O)(=O)NC3CCCCC3)ccc2N1. The molecule has 0 amide bonds. The molecule has 110 valence electrons. The molecular weight excluding hydrogens is 272 g/mol. The molecule has 4 nitrogen and oxygen atoms in total. The van der Waals surface area contributed by atoms with E-state index in [9.17, 15) is 8.42 Å². The van der Waals surface area contributed by atoms with Gasteiger partial charge in [0.05, 0.1) is 4.90 Å². The molecule has 1 atom stereocenters. The van der Waals surface area contributed by atoms with E-state index in [-0.39, 0.29) is 6.04 Å². The van der Waals surface area contributed by atoms with E-state index in [1.54, 1.807) is 6.07 Å². The van der Waals surface area contributed by atoms with Crippen LogP contribution in [0.1, 0.15) is 44.6 Å². The zero-order valence-electron chi connectivity index (χ0n) is 11.9. The Morgan fingerprint density at radius 2 is 1.95 bits per heavy atom. The Morgan fingerprint density at radius 3 is 2.70 bits per heavy atom. The number of hydrogen-bond acceptors (Lipinski definition) is 3. The van der Waals surface area contributed by atoms with Gasteiger partial charge in [-0.25, -0.2) is 13.1 Å². The minimum Gasteiger partial charge on any atom is -0.382 e. The second-order valence-corrected chi connectivity index (χ2v) is 7.74. The predicted molar refractivity (Wildman–Crippen MR) is 80.4 cm³/mol. The molecule has 0 unspecified atom stereocenters. The Bertz CT molecular complexity index is 592. The monoisotopic (exact) mass is 294 g/mol. The standard InChI is InChI=1S/C15H22N2O2S/c1-11-9-12-10-14(7-8-15(12)16-11)20(18,19)17-13-5-3-2-4-6-13/h7-8,10-11,13,16-17H,2-6,9H2,1H3/t11-/m1/s1. The molecule has 1 aromatic rings. The van der Waals surface area contributed by atoms with E-state index >= 15 is 0 Å². The van der Waals surface area contributed by atoms with Crippen LogP contribution in [0.2, 0.25) is 0 Å². The molecule has 2 N–H and O–H groups in total. The molecule has 0 bridgehead atoms. The van der Waals surface area contributed by atoms with Crippen molar-refractivity contribution in [2.45, 2.75) is 62.4 Å². The van der Waals surface area contributed by atoms with Gasteiger partial charge in [-0.2, -0.15) is 0 Å². The van der Waals surface area contributed by atoms with E-state index in [0.29, 0.717) is 10.9 Å². The zero-order chi connectivity index (χ0) is 14.2. The summed E-state index contributed by atoms with van der Waals surface area (Å²) in [5.41, 5.74) is 2.16. The van der Waals surface area contributed by atoms with Crippen LogP contribution < -0.4 is 10.0 Å². The van der Waals surface area contributed by atoms with Crippen molar-refractivity contribution in [3.05, 3.63) is 23.8 Å². The van der Waals surface area contributed by atoms with E-state index in [0.717, 1.165) is 43.4 Å². The van der Waals surface area contributed by atoms with Crippen molar-refractivity contribution in [3.8, 4) is 0 Å². The molecule has 1 fully saturated rings. The fourth-order valence-corrected chi connectivity index (χ4v) is 4.56. The molecule has 1 aliphatic heterocycles. The lowest BCUT2D eigenvalue weighted by molar-refractivity contribution is 0.412. The van der Waals surface area contributed by atoms with Gasteiger partial charge in [0, 0.05) is 17.8 Å². The van der Waals surface area contributed by atoms with E-state index in [2.05, 4.69) is 17.0 Å². The molecule has 1 aromatic carbocycles. The van der Waals surface area contributed by atoms with E-state index in [4.69, 9.17) is 0 Å². The van der Waals surface area contributed by atoms with E-state index in [1.807, 2.05) is 12.1 Å². The number of rotatable bonds is 3. The summed E-state index contributed by atoms with van der Waals surface area (Å²) >= 11 is 0. The summed E-state index contributed by atoms with van der Waals surface area (Å²) < 4.78 is 27.8. The maximum atomic E-state index is 12.5. The summed E-state index contributed by atoms with van der Waals surface area (Å²) in [4.78, 5) is 0.401. The zero-order valence-corrected chi connectivity index (χ0v) is 12.7. The van der Waals surface area contributed by atoms with Crippen molar-refractivity contribution >= 4 is 15.7 Å². The van der Waals surface area contributed by atoms with Gasteiger partial charge in [0.2, 0.25) is 10.0 Å². The molecule has 20 heavy (non-hydrogen) atoms. The quantitative estimate of drug-likeness (QED) is 0.901. The van der Waals surface area contributed by atoms with Crippen LogP contribution in [-0.2, 0) is 16.4 Å². The maximum Gasteiger partial charge on any atom is 0.240 e. The second kappa shape index (κ2) is 5.37. The Morgan fingerprint density at radius 1 is 1.20 bits per heavy atom. The van der Waals surface area contributed by atoms with Gasteiger partial charge in [0.1, 0.15) is 0 Å². The van der Waals surface area contributed by atoms with Gasteiger partial charge in [0.15, 0.2) is 0 Å². The van der Waals surface area contributed by atoms with Gasteiger partial charge in [-0.1, -0.05) is 19.3 Å². The summed E-state index contributed by atoms with van der Waals surface area (Å²) in [6.45, 7) is 2.11. The highest BCUT2D eigenvalue weighted by atomic mass is 32.2. The average Bonchev–Trinajstić information content (AvgIpc) is 2.78. The van der Waals surface area contributed by atoms with Crippen LogP contribution in [0.5, 0.6) is 0 Å². The third kappa shape index (κ3) is 2.83. The van der Waals surface area contributed by atoms with Crippen LogP contribution in [0, 0.1) is 0 Å². The molecule has 0 aromatic heterocycles. The minimum atomic E-state index is -3.38. The second-order valence-electron chi connectivity index (χ2n) is 6.02. The smallest absolute Gasteiger partial charge is 0.240 e. The lowest BCUT2D eigenvalue weighted by atomic mass is 9.96. The first kappa shape index (κ1) is 13.9. The fraction of sp³-hybridized carbons (Fsp3) is 0.600. The first-order valence-corrected chi connectivity index (χ1v) is 8.95. The van der Waals surface area contributed by atoms with Gasteiger partial charge in [-0.15, -0.1) is 0 Å². The highest BCUT2D eigenvalue weighted by Crippen LogP contribution is 2.28. The predicted octanol–water partition coefficient (Wildman–Crippen LogP) is 2.65. The lowest BCUT2D eigenvalue weighted by Crippen LogP contribution is -2.36. The van der Waals surface area contributed by atoms with E-state index < -0.39 is 10.0 Å². The van der Waals surface area contributed by atoms with E-state index in [1.165, 1.54) is 6.42 Å². The topological polar surface area (TPSA) is 58.2 Å². The molecule has 1 aliphatic carbocycles. The summed E-state index contributed by atoms with van der Waals surface area (Å²) in [7, 11) is -3.38. The van der Waals surface area contributed by atoms with Crippen molar-refractivity contribution in [3.63, 3.8) is 0 Å². The molecule has 0 saturated heterocycles. The normalized spacial score (nSPS) is 23.4. The number of hydrogen-bond donors (Lipinski definition) is 2. The minimum absolute atomic E-state index is 0.110. The van der Waals surface area contributed by atoms with Crippen LogP contribution in [0.3, 0.4) is 0 Å². The van der Waals surface area contributed by atoms with Crippen LogP contribution in [-0.4, -0.2) is 20.5 Å². The van der Waals surface area contributed by atoms with Crippen molar-refractivity contribution in [2.75, 3.05) is 5.32 Å². The van der Waals surface area contributed by atoms with Gasteiger partial charge in [0.25, 0.3) is 0 Å². The average molecular weight is 294 g/mol. The summed E-state index contributed by atoms with van der Waals surface area (Å²) in [6, 6.07) is 5.90. The Kier molecular flexibility index (Phi) is 3.73. The van der Waals surface area contributed by atoms with Crippen molar-refractivity contribution < 1.29 is 8.42 Å². The lowest BCUT2D eigenvalue weighted by Gasteiger charge is -2.22. The van der Waals surface area contributed by atoms with Gasteiger partial charge >= 0.3 is 0 Å². The first-order valence-electron chi connectivity index (χ1n) is 7.46. The Labute approximate surface area is 121 Å².